The molecule has 17 heavy (non-hydrogen) atoms. The Morgan fingerprint density at radius 3 is 1.88 bits per heavy atom. The molecule has 0 saturated carbocycles. The second-order valence-electron chi connectivity index (χ2n) is 3.85. The highest BCUT2D eigenvalue weighted by Crippen LogP contribution is 2.09. The van der Waals surface area contributed by atoms with Crippen LogP contribution < -0.4 is 22.1 Å². The Hall–Kier alpha value is -1.14. The molecule has 0 unspecified atom stereocenters. The van der Waals surface area contributed by atoms with Crippen LogP contribution in [0.3, 0.4) is 0 Å². The Bertz CT molecular complexity index is 214. The molecule has 0 rings (SSSR count). The number of carbonyl (C=O) groups is 2. The summed E-state index contributed by atoms with van der Waals surface area (Å²) in [4.78, 5) is 23.5. The fraction of sp³-hybridized carbons (Fsp3) is 0.818. The molecule has 0 bridgehead atoms. The van der Waals surface area contributed by atoms with Crippen molar-refractivity contribution in [1.82, 2.24) is 10.6 Å². The van der Waals surface area contributed by atoms with Gasteiger partial charge < -0.3 is 22.1 Å². The van der Waals surface area contributed by atoms with Gasteiger partial charge in [-0.2, -0.15) is 0 Å². The van der Waals surface area contributed by atoms with Crippen LogP contribution in [-0.4, -0.2) is 38.0 Å². The van der Waals surface area contributed by atoms with Gasteiger partial charge in [-0.1, -0.05) is 19.8 Å². The molecular weight excluding hydrogens is 220 g/mol. The molecule has 0 aliphatic carbocycles. The summed E-state index contributed by atoms with van der Waals surface area (Å²) in [6, 6.07) is 0. The average molecular weight is 244 g/mol. The first kappa shape index (κ1) is 15.9. The Morgan fingerprint density at radius 2 is 1.53 bits per heavy atom. The fourth-order valence-corrected chi connectivity index (χ4v) is 1.43. The molecule has 0 atom stereocenters. The zero-order chi connectivity index (χ0) is 13.1. The first-order valence-corrected chi connectivity index (χ1v) is 6.12. The molecule has 0 saturated heterocycles. The van der Waals surface area contributed by atoms with Crippen LogP contribution in [0.5, 0.6) is 0 Å². The first-order valence-electron chi connectivity index (χ1n) is 6.12. The standard InChI is InChI=1S/C11H24N4O2/c1-2-3-4-9(10(16)14-7-5-12)11(17)15-8-6-13/h9H,2-8,12-13H2,1H3,(H,14,16)(H,15,17). The molecule has 2 amide bonds. The normalized spacial score (nSPS) is 10.4. The smallest absolute Gasteiger partial charge is 0.232 e. The number of amides is 2. The molecule has 0 aromatic carbocycles. The molecule has 0 aromatic heterocycles. The topological polar surface area (TPSA) is 110 Å². The second kappa shape index (κ2) is 10.0. The molecule has 6 heteroatoms. The van der Waals surface area contributed by atoms with Gasteiger partial charge in [0, 0.05) is 26.2 Å². The van der Waals surface area contributed by atoms with E-state index in [9.17, 15) is 9.59 Å². The fourth-order valence-electron chi connectivity index (χ4n) is 1.43. The average Bonchev–Trinajstić information content (AvgIpc) is 2.34. The van der Waals surface area contributed by atoms with Crippen molar-refractivity contribution in [1.29, 1.82) is 0 Å². The molecular formula is C11H24N4O2. The van der Waals surface area contributed by atoms with Crippen LogP contribution in [0.15, 0.2) is 0 Å². The lowest BCUT2D eigenvalue weighted by Gasteiger charge is -2.15. The van der Waals surface area contributed by atoms with Gasteiger partial charge in [-0.15, -0.1) is 0 Å². The van der Waals surface area contributed by atoms with Crippen LogP contribution >= 0.6 is 0 Å². The summed E-state index contributed by atoms with van der Waals surface area (Å²) in [5.41, 5.74) is 10.6. The Labute approximate surface area is 102 Å². The number of rotatable bonds is 9. The van der Waals surface area contributed by atoms with Crippen LogP contribution in [0, 0.1) is 5.92 Å². The lowest BCUT2D eigenvalue weighted by molar-refractivity contribution is -0.135. The van der Waals surface area contributed by atoms with Crippen molar-refractivity contribution in [3.63, 3.8) is 0 Å². The summed E-state index contributed by atoms with van der Waals surface area (Å²) in [6.45, 7) is 3.55. The maximum absolute atomic E-state index is 11.8. The van der Waals surface area contributed by atoms with E-state index in [1.165, 1.54) is 0 Å². The van der Waals surface area contributed by atoms with Crippen LogP contribution in [0.4, 0.5) is 0 Å². The van der Waals surface area contributed by atoms with Crippen molar-refractivity contribution in [3.05, 3.63) is 0 Å². The first-order chi connectivity index (χ1) is 8.17. The number of hydrogen-bond donors (Lipinski definition) is 4. The highest BCUT2D eigenvalue weighted by molar-refractivity contribution is 6.00. The summed E-state index contributed by atoms with van der Waals surface area (Å²) >= 11 is 0. The lowest BCUT2D eigenvalue weighted by Crippen LogP contribution is -2.43. The van der Waals surface area contributed by atoms with E-state index in [-0.39, 0.29) is 11.8 Å². The van der Waals surface area contributed by atoms with Gasteiger partial charge in [0.2, 0.25) is 11.8 Å². The van der Waals surface area contributed by atoms with E-state index in [2.05, 4.69) is 10.6 Å². The largest absolute Gasteiger partial charge is 0.354 e. The van der Waals surface area contributed by atoms with Gasteiger partial charge in [-0.05, 0) is 6.42 Å². The van der Waals surface area contributed by atoms with Gasteiger partial charge in [-0.3, -0.25) is 9.59 Å². The van der Waals surface area contributed by atoms with Crippen molar-refractivity contribution < 1.29 is 9.59 Å². The van der Waals surface area contributed by atoms with Crippen LogP contribution in [-0.2, 0) is 9.59 Å². The highest BCUT2D eigenvalue weighted by Gasteiger charge is 2.24. The van der Waals surface area contributed by atoms with Crippen LogP contribution in [0.1, 0.15) is 26.2 Å². The molecule has 100 valence electrons. The third-order valence-corrected chi connectivity index (χ3v) is 2.37. The summed E-state index contributed by atoms with van der Waals surface area (Å²) in [5.74, 6) is -1.13. The molecule has 0 aromatic rings. The molecule has 0 spiro atoms. The zero-order valence-corrected chi connectivity index (χ0v) is 10.5. The van der Waals surface area contributed by atoms with Gasteiger partial charge in [0.05, 0.1) is 0 Å². The van der Waals surface area contributed by atoms with Crippen molar-refractivity contribution in [2.75, 3.05) is 26.2 Å². The number of hydrogen-bond acceptors (Lipinski definition) is 4. The third-order valence-electron chi connectivity index (χ3n) is 2.37. The van der Waals surface area contributed by atoms with Crippen LogP contribution in [0.25, 0.3) is 0 Å². The van der Waals surface area contributed by atoms with E-state index in [1.54, 1.807) is 0 Å². The second-order valence-corrected chi connectivity index (χ2v) is 3.85. The maximum atomic E-state index is 11.8. The molecule has 6 nitrogen and oxygen atoms in total. The lowest BCUT2D eigenvalue weighted by atomic mass is 10.00. The summed E-state index contributed by atoms with van der Waals surface area (Å²) < 4.78 is 0. The summed E-state index contributed by atoms with van der Waals surface area (Å²) in [7, 11) is 0. The summed E-state index contributed by atoms with van der Waals surface area (Å²) in [5, 5.41) is 5.29. The Balaban J connectivity index is 4.29. The number of nitrogens with two attached hydrogens (primary N) is 2. The third kappa shape index (κ3) is 6.91. The SMILES string of the molecule is CCCCC(C(=O)NCCN)C(=O)NCCN. The minimum atomic E-state index is -0.631. The van der Waals surface area contributed by atoms with Crippen molar-refractivity contribution >= 4 is 11.8 Å². The predicted octanol–water partition coefficient (Wildman–Crippen LogP) is -1.06. The molecule has 6 N–H and O–H groups in total. The van der Waals surface area contributed by atoms with Crippen molar-refractivity contribution in [2.24, 2.45) is 17.4 Å². The highest BCUT2D eigenvalue weighted by atomic mass is 16.2. The number of nitrogens with one attached hydrogen (secondary N) is 2. The monoisotopic (exact) mass is 244 g/mol. The number of unbranched alkanes of at least 4 members (excludes halogenated alkanes) is 1. The van der Waals surface area contributed by atoms with Gasteiger partial charge in [-0.25, -0.2) is 0 Å². The Kier molecular flexibility index (Phi) is 9.37. The van der Waals surface area contributed by atoms with E-state index >= 15 is 0 Å². The van der Waals surface area contributed by atoms with E-state index < -0.39 is 5.92 Å². The molecule has 0 radical (unpaired) electrons. The predicted molar refractivity (Wildman–Crippen MR) is 67.1 cm³/mol. The Morgan fingerprint density at radius 1 is 1.06 bits per heavy atom. The minimum Gasteiger partial charge on any atom is -0.354 e. The number of carbonyl (C=O) groups excluding carboxylic acids is 2. The van der Waals surface area contributed by atoms with E-state index in [4.69, 9.17) is 11.5 Å². The van der Waals surface area contributed by atoms with Gasteiger partial charge in [0.25, 0.3) is 0 Å². The molecule has 0 aliphatic rings. The van der Waals surface area contributed by atoms with Crippen molar-refractivity contribution in [2.45, 2.75) is 26.2 Å². The zero-order valence-electron chi connectivity index (χ0n) is 10.5. The van der Waals surface area contributed by atoms with E-state index in [0.29, 0.717) is 32.6 Å². The summed E-state index contributed by atoms with van der Waals surface area (Å²) in [6.07, 6.45) is 2.35. The molecule has 0 aliphatic heterocycles. The van der Waals surface area contributed by atoms with Gasteiger partial charge in [0.15, 0.2) is 0 Å². The molecule has 0 fully saturated rings. The van der Waals surface area contributed by atoms with Crippen LogP contribution in [0.2, 0.25) is 0 Å². The molecule has 0 heterocycles. The maximum Gasteiger partial charge on any atom is 0.232 e. The minimum absolute atomic E-state index is 0.251. The van der Waals surface area contributed by atoms with E-state index in [1.807, 2.05) is 6.92 Å². The van der Waals surface area contributed by atoms with Gasteiger partial charge >= 0.3 is 0 Å². The quantitative estimate of drug-likeness (QED) is 0.388. The van der Waals surface area contributed by atoms with Gasteiger partial charge in [0.1, 0.15) is 5.92 Å². The van der Waals surface area contributed by atoms with E-state index in [0.717, 1.165) is 12.8 Å². The van der Waals surface area contributed by atoms with Crippen molar-refractivity contribution in [3.8, 4) is 0 Å².